The number of methoxy groups -OCH3 is 1. The van der Waals surface area contributed by atoms with E-state index in [1.807, 2.05) is 0 Å². The fourth-order valence-corrected chi connectivity index (χ4v) is 2.06. The van der Waals surface area contributed by atoms with E-state index in [4.69, 9.17) is 4.74 Å². The first-order chi connectivity index (χ1) is 9.51. The molecule has 6 heteroatoms. The maximum Gasteiger partial charge on any atom is 0.255 e. The van der Waals surface area contributed by atoms with Gasteiger partial charge in [-0.15, -0.1) is 0 Å². The van der Waals surface area contributed by atoms with Crippen LogP contribution in [0.25, 0.3) is 0 Å². The van der Waals surface area contributed by atoms with Gasteiger partial charge in [-0.2, -0.15) is 0 Å². The summed E-state index contributed by atoms with van der Waals surface area (Å²) in [6, 6.07) is 7.49. The number of nitrogens with zero attached hydrogens (tertiary/aromatic N) is 1. The zero-order chi connectivity index (χ0) is 14.7. The Balaban J connectivity index is 2.21. The first-order valence-corrected chi connectivity index (χ1v) is 6.58. The SMILES string of the molecule is COc1ccc(C(=O)Nc2ccc(Br)nc2C)cc1F. The highest BCUT2D eigenvalue weighted by Gasteiger charge is 2.11. The molecule has 1 N–H and O–H groups in total. The van der Waals surface area contributed by atoms with Crippen LogP contribution in [0.1, 0.15) is 16.1 Å². The number of hydrogen-bond donors (Lipinski definition) is 1. The molecule has 0 saturated carbocycles. The number of hydrogen-bond acceptors (Lipinski definition) is 3. The minimum atomic E-state index is -0.578. The summed E-state index contributed by atoms with van der Waals surface area (Å²) in [5.41, 5.74) is 1.46. The molecule has 0 bridgehead atoms. The highest BCUT2D eigenvalue weighted by molar-refractivity contribution is 9.10. The van der Waals surface area contributed by atoms with Crippen LogP contribution in [0.3, 0.4) is 0 Å². The van der Waals surface area contributed by atoms with Crippen LogP contribution in [-0.4, -0.2) is 18.0 Å². The van der Waals surface area contributed by atoms with Gasteiger partial charge in [0.05, 0.1) is 18.5 Å². The van der Waals surface area contributed by atoms with Crippen molar-refractivity contribution in [2.45, 2.75) is 6.92 Å². The molecule has 1 aromatic carbocycles. The van der Waals surface area contributed by atoms with Crippen molar-refractivity contribution in [1.82, 2.24) is 4.98 Å². The van der Waals surface area contributed by atoms with Crippen LogP contribution in [0.5, 0.6) is 5.75 Å². The Hall–Kier alpha value is -1.95. The molecule has 0 aliphatic heterocycles. The van der Waals surface area contributed by atoms with Gasteiger partial charge in [0.2, 0.25) is 0 Å². The lowest BCUT2D eigenvalue weighted by Gasteiger charge is -2.09. The van der Waals surface area contributed by atoms with Gasteiger partial charge in [0, 0.05) is 5.56 Å². The molecule has 0 saturated heterocycles. The Labute approximate surface area is 124 Å². The zero-order valence-electron chi connectivity index (χ0n) is 10.9. The van der Waals surface area contributed by atoms with Gasteiger partial charge < -0.3 is 10.1 Å². The molecule has 0 aliphatic carbocycles. The molecule has 1 heterocycles. The zero-order valence-corrected chi connectivity index (χ0v) is 12.5. The van der Waals surface area contributed by atoms with E-state index in [9.17, 15) is 9.18 Å². The molecule has 1 amide bonds. The second-order valence-electron chi connectivity index (χ2n) is 4.07. The van der Waals surface area contributed by atoms with Gasteiger partial charge in [-0.1, -0.05) is 0 Å². The molecule has 0 unspecified atom stereocenters. The van der Waals surface area contributed by atoms with Crippen molar-refractivity contribution < 1.29 is 13.9 Å². The maximum atomic E-state index is 13.6. The number of rotatable bonds is 3. The van der Waals surface area contributed by atoms with E-state index < -0.39 is 11.7 Å². The molecular formula is C14H12BrFN2O2. The smallest absolute Gasteiger partial charge is 0.255 e. The first-order valence-electron chi connectivity index (χ1n) is 5.79. The highest BCUT2D eigenvalue weighted by atomic mass is 79.9. The summed E-state index contributed by atoms with van der Waals surface area (Å²) < 4.78 is 19.1. The summed E-state index contributed by atoms with van der Waals surface area (Å²) in [4.78, 5) is 16.2. The number of nitrogens with one attached hydrogen (secondary N) is 1. The largest absolute Gasteiger partial charge is 0.494 e. The Morgan fingerprint density at radius 3 is 2.70 bits per heavy atom. The minimum absolute atomic E-state index is 0.100. The Morgan fingerprint density at radius 1 is 1.35 bits per heavy atom. The topological polar surface area (TPSA) is 51.2 Å². The molecule has 2 aromatic rings. The first kappa shape index (κ1) is 14.5. The molecule has 20 heavy (non-hydrogen) atoms. The number of anilines is 1. The number of carbonyl (C=O) groups excluding carboxylic acids is 1. The number of aryl methyl sites for hydroxylation is 1. The van der Waals surface area contributed by atoms with Crippen molar-refractivity contribution in [2.75, 3.05) is 12.4 Å². The van der Waals surface area contributed by atoms with Crippen LogP contribution < -0.4 is 10.1 Å². The van der Waals surface area contributed by atoms with Crippen LogP contribution in [0.15, 0.2) is 34.9 Å². The number of pyridine rings is 1. The van der Waals surface area contributed by atoms with Gasteiger partial charge in [-0.3, -0.25) is 4.79 Å². The van der Waals surface area contributed by atoms with E-state index in [0.717, 1.165) is 6.07 Å². The molecule has 0 atom stereocenters. The number of benzene rings is 1. The fourth-order valence-electron chi connectivity index (χ4n) is 1.66. The number of carbonyl (C=O) groups is 1. The van der Waals surface area contributed by atoms with Crippen LogP contribution in [0.2, 0.25) is 0 Å². The molecule has 0 fully saturated rings. The van der Waals surface area contributed by atoms with E-state index in [0.29, 0.717) is 16.0 Å². The fraction of sp³-hybridized carbons (Fsp3) is 0.143. The number of ether oxygens (including phenoxy) is 1. The van der Waals surface area contributed by atoms with Crippen molar-refractivity contribution in [3.05, 3.63) is 52.0 Å². The van der Waals surface area contributed by atoms with Crippen molar-refractivity contribution in [1.29, 1.82) is 0 Å². The summed E-state index contributed by atoms with van der Waals surface area (Å²) >= 11 is 3.25. The molecular weight excluding hydrogens is 327 g/mol. The third-order valence-electron chi connectivity index (χ3n) is 2.71. The van der Waals surface area contributed by atoms with Gasteiger partial charge in [0.1, 0.15) is 4.60 Å². The predicted molar refractivity (Wildman–Crippen MR) is 77.6 cm³/mol. The van der Waals surface area contributed by atoms with Crippen molar-refractivity contribution in [3.63, 3.8) is 0 Å². The summed E-state index contributed by atoms with van der Waals surface area (Å²) in [6.07, 6.45) is 0. The summed E-state index contributed by atoms with van der Waals surface area (Å²) in [6.45, 7) is 1.77. The molecule has 104 valence electrons. The average Bonchev–Trinajstić information content (AvgIpc) is 2.41. The summed E-state index contributed by atoms with van der Waals surface area (Å²) in [5, 5.41) is 2.69. The second kappa shape index (κ2) is 6.00. The van der Waals surface area contributed by atoms with E-state index in [-0.39, 0.29) is 11.3 Å². The van der Waals surface area contributed by atoms with Crippen LogP contribution in [-0.2, 0) is 0 Å². The Bertz CT molecular complexity index is 662. The number of halogens is 2. The van der Waals surface area contributed by atoms with Crippen LogP contribution in [0, 0.1) is 12.7 Å². The van der Waals surface area contributed by atoms with E-state index >= 15 is 0 Å². The predicted octanol–water partition coefficient (Wildman–Crippen LogP) is 3.55. The second-order valence-corrected chi connectivity index (χ2v) is 4.88. The summed E-state index contributed by atoms with van der Waals surface area (Å²) in [5.74, 6) is -0.882. The monoisotopic (exact) mass is 338 g/mol. The quantitative estimate of drug-likeness (QED) is 0.870. The lowest BCUT2D eigenvalue weighted by Crippen LogP contribution is -2.13. The molecule has 0 spiro atoms. The third kappa shape index (κ3) is 3.14. The van der Waals surface area contributed by atoms with Gasteiger partial charge in [-0.25, -0.2) is 9.37 Å². The van der Waals surface area contributed by atoms with Crippen molar-refractivity contribution >= 4 is 27.5 Å². The number of aromatic nitrogens is 1. The lowest BCUT2D eigenvalue weighted by atomic mass is 10.2. The van der Waals surface area contributed by atoms with E-state index in [1.165, 1.54) is 19.2 Å². The molecule has 0 radical (unpaired) electrons. The normalized spacial score (nSPS) is 10.2. The maximum absolute atomic E-state index is 13.6. The minimum Gasteiger partial charge on any atom is -0.494 e. The number of amides is 1. The molecule has 0 aliphatic rings. The molecule has 4 nitrogen and oxygen atoms in total. The van der Waals surface area contributed by atoms with E-state index in [1.54, 1.807) is 19.1 Å². The van der Waals surface area contributed by atoms with Gasteiger partial charge in [0.15, 0.2) is 11.6 Å². The average molecular weight is 339 g/mol. The molecule has 1 aromatic heterocycles. The van der Waals surface area contributed by atoms with Gasteiger partial charge in [0.25, 0.3) is 5.91 Å². The van der Waals surface area contributed by atoms with E-state index in [2.05, 4.69) is 26.2 Å². The third-order valence-corrected chi connectivity index (χ3v) is 3.16. The van der Waals surface area contributed by atoms with Gasteiger partial charge >= 0.3 is 0 Å². The molecule has 2 rings (SSSR count). The van der Waals surface area contributed by atoms with Crippen LogP contribution >= 0.6 is 15.9 Å². The lowest BCUT2D eigenvalue weighted by molar-refractivity contribution is 0.102. The van der Waals surface area contributed by atoms with Crippen molar-refractivity contribution in [3.8, 4) is 5.75 Å². The van der Waals surface area contributed by atoms with Crippen LogP contribution in [0.4, 0.5) is 10.1 Å². The summed E-state index contributed by atoms with van der Waals surface area (Å²) in [7, 11) is 1.37. The Kier molecular flexibility index (Phi) is 4.34. The highest BCUT2D eigenvalue weighted by Crippen LogP contribution is 2.20. The Morgan fingerprint density at radius 2 is 2.10 bits per heavy atom. The standard InChI is InChI=1S/C14H12BrFN2O2/c1-8-11(4-6-13(15)17-8)18-14(19)9-3-5-12(20-2)10(16)7-9/h3-7H,1-2H3,(H,18,19). The van der Waals surface area contributed by atoms with Gasteiger partial charge in [-0.05, 0) is 53.2 Å². The van der Waals surface area contributed by atoms with Crippen molar-refractivity contribution in [2.24, 2.45) is 0 Å².